The first-order chi connectivity index (χ1) is 10.6. The highest BCUT2D eigenvalue weighted by atomic mass is 32.2. The molecule has 2 heterocycles. The third-order valence-electron chi connectivity index (χ3n) is 3.02. The molecule has 0 spiro atoms. The van der Waals surface area contributed by atoms with Gasteiger partial charge in [-0.15, -0.1) is 5.10 Å². The number of thioether (sulfide) groups is 1. The fourth-order valence-corrected chi connectivity index (χ4v) is 2.79. The van der Waals surface area contributed by atoms with Crippen LogP contribution in [0.2, 0.25) is 0 Å². The lowest BCUT2D eigenvalue weighted by Crippen LogP contribution is -2.04. The van der Waals surface area contributed by atoms with Crippen LogP contribution in [0.25, 0.3) is 11.5 Å². The van der Waals surface area contributed by atoms with Gasteiger partial charge in [0.1, 0.15) is 0 Å². The Morgan fingerprint density at radius 2 is 2.18 bits per heavy atom. The monoisotopic (exact) mass is 316 g/mol. The van der Waals surface area contributed by atoms with Crippen LogP contribution in [0.15, 0.2) is 33.9 Å². The summed E-state index contributed by atoms with van der Waals surface area (Å²) in [6.45, 7) is 6.09. The molecular formula is C14H16N6OS. The SMILES string of the molecule is Cc1cccc(-c2nc(CSc3nnnn3C(C)C)no2)c1. The van der Waals surface area contributed by atoms with Gasteiger partial charge in [0, 0.05) is 5.56 Å². The molecule has 0 atom stereocenters. The molecule has 0 fully saturated rings. The highest BCUT2D eigenvalue weighted by Crippen LogP contribution is 2.23. The van der Waals surface area contributed by atoms with Crippen LogP contribution in [0.3, 0.4) is 0 Å². The maximum absolute atomic E-state index is 5.32. The minimum atomic E-state index is 0.214. The molecule has 22 heavy (non-hydrogen) atoms. The summed E-state index contributed by atoms with van der Waals surface area (Å²) in [7, 11) is 0. The Labute approximate surface area is 132 Å². The fraction of sp³-hybridized carbons (Fsp3) is 0.357. The Kier molecular flexibility index (Phi) is 4.19. The third-order valence-corrected chi connectivity index (χ3v) is 3.94. The van der Waals surface area contributed by atoms with Crippen LogP contribution in [0.1, 0.15) is 31.3 Å². The largest absolute Gasteiger partial charge is 0.334 e. The Morgan fingerprint density at radius 3 is 2.95 bits per heavy atom. The van der Waals surface area contributed by atoms with Crippen LogP contribution >= 0.6 is 11.8 Å². The van der Waals surface area contributed by atoms with Crippen molar-refractivity contribution in [2.24, 2.45) is 0 Å². The predicted molar refractivity (Wildman–Crippen MR) is 82.2 cm³/mol. The van der Waals surface area contributed by atoms with E-state index in [-0.39, 0.29) is 6.04 Å². The van der Waals surface area contributed by atoms with E-state index in [2.05, 4.69) is 25.7 Å². The summed E-state index contributed by atoms with van der Waals surface area (Å²) in [6, 6.07) is 8.19. The molecule has 0 saturated carbocycles. The first-order valence-electron chi connectivity index (χ1n) is 6.94. The molecule has 0 unspecified atom stereocenters. The van der Waals surface area contributed by atoms with Crippen molar-refractivity contribution in [3.8, 4) is 11.5 Å². The third kappa shape index (κ3) is 3.16. The molecule has 8 heteroatoms. The minimum Gasteiger partial charge on any atom is -0.334 e. The van der Waals surface area contributed by atoms with Crippen LogP contribution in [-0.4, -0.2) is 30.3 Å². The number of hydrogen-bond acceptors (Lipinski definition) is 7. The van der Waals surface area contributed by atoms with Gasteiger partial charge in [0.25, 0.3) is 5.89 Å². The number of aryl methyl sites for hydroxylation is 1. The van der Waals surface area contributed by atoms with Crippen molar-refractivity contribution in [3.05, 3.63) is 35.7 Å². The average molecular weight is 316 g/mol. The van der Waals surface area contributed by atoms with Crippen molar-refractivity contribution in [2.75, 3.05) is 0 Å². The molecule has 0 aliphatic carbocycles. The molecule has 0 aliphatic heterocycles. The Balaban J connectivity index is 1.71. The number of nitrogens with zero attached hydrogens (tertiary/aromatic N) is 6. The second kappa shape index (κ2) is 6.27. The lowest BCUT2D eigenvalue weighted by molar-refractivity contribution is 0.425. The van der Waals surface area contributed by atoms with Crippen LogP contribution in [-0.2, 0) is 5.75 Å². The molecule has 0 amide bonds. The van der Waals surface area contributed by atoms with Crippen molar-refractivity contribution >= 4 is 11.8 Å². The fourth-order valence-electron chi connectivity index (χ4n) is 1.94. The quantitative estimate of drug-likeness (QED) is 0.669. The molecular weight excluding hydrogens is 300 g/mol. The van der Waals surface area contributed by atoms with Gasteiger partial charge < -0.3 is 4.52 Å². The van der Waals surface area contributed by atoms with Gasteiger partial charge in [-0.3, -0.25) is 0 Å². The van der Waals surface area contributed by atoms with E-state index >= 15 is 0 Å². The second-order valence-corrected chi connectivity index (χ2v) is 6.12. The highest BCUT2D eigenvalue weighted by molar-refractivity contribution is 7.98. The van der Waals surface area contributed by atoms with Crippen molar-refractivity contribution in [1.29, 1.82) is 0 Å². The maximum Gasteiger partial charge on any atom is 0.257 e. The Morgan fingerprint density at radius 1 is 1.32 bits per heavy atom. The molecule has 0 bridgehead atoms. The molecule has 0 radical (unpaired) electrons. The normalized spacial score (nSPS) is 11.3. The van der Waals surface area contributed by atoms with Crippen molar-refractivity contribution in [3.63, 3.8) is 0 Å². The lowest BCUT2D eigenvalue weighted by Gasteiger charge is -2.05. The zero-order valence-corrected chi connectivity index (χ0v) is 13.4. The molecule has 2 aromatic heterocycles. The summed E-state index contributed by atoms with van der Waals surface area (Å²) >= 11 is 1.49. The van der Waals surface area contributed by atoms with E-state index in [1.165, 1.54) is 11.8 Å². The van der Waals surface area contributed by atoms with Crippen molar-refractivity contribution in [1.82, 2.24) is 30.3 Å². The van der Waals surface area contributed by atoms with Crippen molar-refractivity contribution < 1.29 is 4.52 Å². The molecule has 0 N–H and O–H groups in total. The first kappa shape index (κ1) is 14.7. The van der Waals surface area contributed by atoms with Gasteiger partial charge >= 0.3 is 0 Å². The van der Waals surface area contributed by atoms with Gasteiger partial charge in [-0.05, 0) is 43.3 Å². The van der Waals surface area contributed by atoms with Gasteiger partial charge in [-0.2, -0.15) is 4.98 Å². The van der Waals surface area contributed by atoms with Crippen LogP contribution in [0.5, 0.6) is 0 Å². The number of aromatic nitrogens is 6. The van der Waals surface area contributed by atoms with Gasteiger partial charge in [0.2, 0.25) is 5.16 Å². The van der Waals surface area contributed by atoms with Gasteiger partial charge in [-0.25, -0.2) is 4.68 Å². The summed E-state index contributed by atoms with van der Waals surface area (Å²) in [5.41, 5.74) is 2.08. The van der Waals surface area contributed by atoms with Gasteiger partial charge in [0.05, 0.1) is 11.8 Å². The van der Waals surface area contributed by atoms with E-state index in [1.807, 2.05) is 45.0 Å². The van der Waals surface area contributed by atoms with Crippen molar-refractivity contribution in [2.45, 2.75) is 37.7 Å². The zero-order chi connectivity index (χ0) is 15.5. The summed E-state index contributed by atoms with van der Waals surface area (Å²) in [4.78, 5) is 4.42. The second-order valence-electron chi connectivity index (χ2n) is 5.17. The maximum atomic E-state index is 5.32. The van der Waals surface area contributed by atoms with Gasteiger partial charge in [-0.1, -0.05) is 34.6 Å². The van der Waals surface area contributed by atoms with E-state index < -0.39 is 0 Å². The number of rotatable bonds is 5. The topological polar surface area (TPSA) is 82.5 Å². The minimum absolute atomic E-state index is 0.214. The summed E-state index contributed by atoms with van der Waals surface area (Å²) in [6.07, 6.45) is 0. The zero-order valence-electron chi connectivity index (χ0n) is 12.6. The average Bonchev–Trinajstić information content (AvgIpc) is 3.14. The molecule has 0 aliphatic rings. The summed E-state index contributed by atoms with van der Waals surface area (Å²) < 4.78 is 7.09. The smallest absolute Gasteiger partial charge is 0.257 e. The number of benzene rings is 1. The number of tetrazole rings is 1. The molecule has 114 valence electrons. The van der Waals surface area contributed by atoms with Crippen LogP contribution in [0, 0.1) is 6.92 Å². The molecule has 1 aromatic carbocycles. The van der Waals surface area contributed by atoms with E-state index in [0.29, 0.717) is 17.5 Å². The van der Waals surface area contributed by atoms with Gasteiger partial charge in [0.15, 0.2) is 5.82 Å². The van der Waals surface area contributed by atoms with E-state index in [9.17, 15) is 0 Å². The van der Waals surface area contributed by atoms with Crippen LogP contribution < -0.4 is 0 Å². The Hall–Kier alpha value is -2.22. The molecule has 3 aromatic rings. The molecule has 0 saturated heterocycles. The van der Waals surface area contributed by atoms with E-state index in [0.717, 1.165) is 16.3 Å². The summed E-state index contributed by atoms with van der Waals surface area (Å²) in [5, 5.41) is 16.4. The lowest BCUT2D eigenvalue weighted by atomic mass is 10.1. The van der Waals surface area contributed by atoms with Crippen LogP contribution in [0.4, 0.5) is 0 Å². The van der Waals surface area contributed by atoms with E-state index in [4.69, 9.17) is 4.52 Å². The molecule has 7 nitrogen and oxygen atoms in total. The number of hydrogen-bond donors (Lipinski definition) is 0. The Bertz CT molecular complexity index is 766. The predicted octanol–water partition coefficient (Wildman–Crippen LogP) is 2.90. The highest BCUT2D eigenvalue weighted by Gasteiger charge is 2.13. The summed E-state index contributed by atoms with van der Waals surface area (Å²) in [5.74, 6) is 1.71. The molecule has 3 rings (SSSR count). The standard InChI is InChI=1S/C14H16N6OS/c1-9(2)20-14(16-18-19-20)22-8-12-15-13(21-17-12)11-6-4-5-10(3)7-11/h4-7,9H,8H2,1-3H3. The first-order valence-corrected chi connectivity index (χ1v) is 7.92. The van der Waals surface area contributed by atoms with E-state index in [1.54, 1.807) is 4.68 Å².